The van der Waals surface area contributed by atoms with Crippen molar-refractivity contribution in [2.75, 3.05) is 5.51 Å². The molecule has 0 radical (unpaired) electrons. The molecule has 0 spiro atoms. The van der Waals surface area contributed by atoms with Crippen LogP contribution in [-0.4, -0.2) is 20.5 Å². The Morgan fingerprint density at radius 1 is 0.611 bits per heavy atom. The topological polar surface area (TPSA) is 21.6 Å². The van der Waals surface area contributed by atoms with E-state index in [1.807, 2.05) is 42.5 Å². The SMILES string of the molecule is Clc1ccc(OC[Se]c2ccccc2)c(N=P(c2ccccc2)(c2ccccc2)c2ccccc2)c1. The van der Waals surface area contributed by atoms with Crippen molar-refractivity contribution in [3.63, 3.8) is 0 Å². The Labute approximate surface area is 224 Å². The van der Waals surface area contributed by atoms with Gasteiger partial charge in [-0.25, -0.2) is 0 Å². The van der Waals surface area contributed by atoms with Crippen LogP contribution in [0.25, 0.3) is 0 Å². The molecule has 0 fully saturated rings. The molecule has 5 aromatic rings. The maximum atomic E-state index is 6.51. The third-order valence-corrected chi connectivity index (χ3v) is 11.4. The van der Waals surface area contributed by atoms with Crippen molar-refractivity contribution >= 4 is 59.7 Å². The summed E-state index contributed by atoms with van der Waals surface area (Å²) in [6, 6.07) is 48.0. The molecule has 0 bridgehead atoms. The van der Waals surface area contributed by atoms with E-state index in [9.17, 15) is 0 Å². The van der Waals surface area contributed by atoms with Crippen LogP contribution in [0.4, 0.5) is 5.69 Å². The standard InChI is InChI=1S/C31H25ClNOPSe/c32-25-21-22-31(34-24-36-29-19-11-4-12-20-29)30(23-25)33-35(26-13-5-1-6-14-26,27-15-7-2-8-16-27)28-17-9-3-10-18-28/h1-23H,24H2. The Hall–Kier alpha value is -3.06. The Balaban J connectivity index is 1.69. The van der Waals surface area contributed by atoms with Crippen LogP contribution in [0.1, 0.15) is 0 Å². The zero-order chi connectivity index (χ0) is 24.6. The number of hydrogen-bond acceptors (Lipinski definition) is 2. The van der Waals surface area contributed by atoms with Crippen LogP contribution in [0.2, 0.25) is 5.02 Å². The van der Waals surface area contributed by atoms with E-state index in [0.717, 1.165) is 11.4 Å². The van der Waals surface area contributed by atoms with Crippen LogP contribution >= 0.6 is 18.7 Å². The summed E-state index contributed by atoms with van der Waals surface area (Å²) >= 11 is 6.71. The average molecular weight is 573 g/mol. The van der Waals surface area contributed by atoms with Gasteiger partial charge in [-0.1, -0.05) is 0 Å². The second kappa shape index (κ2) is 11.8. The first-order valence-corrected chi connectivity index (χ1v) is 15.8. The third-order valence-electron chi connectivity index (χ3n) is 5.75. The van der Waals surface area contributed by atoms with Crippen LogP contribution < -0.4 is 25.1 Å². The molecule has 0 aromatic heterocycles. The quantitative estimate of drug-likeness (QED) is 0.153. The molecule has 5 rings (SSSR count). The molecule has 0 aliphatic heterocycles. The first-order chi connectivity index (χ1) is 17.8. The summed E-state index contributed by atoms with van der Waals surface area (Å²) in [7, 11) is -2.42. The fourth-order valence-electron chi connectivity index (χ4n) is 4.08. The molecule has 0 atom stereocenters. The predicted molar refractivity (Wildman–Crippen MR) is 156 cm³/mol. The molecule has 0 heterocycles. The minimum absolute atomic E-state index is 0.197. The number of ether oxygens (including phenoxy) is 1. The van der Waals surface area contributed by atoms with Gasteiger partial charge in [0, 0.05) is 0 Å². The Bertz CT molecular complexity index is 1360. The fraction of sp³-hybridized carbons (Fsp3) is 0.0323. The van der Waals surface area contributed by atoms with Gasteiger partial charge in [0.15, 0.2) is 0 Å². The summed E-state index contributed by atoms with van der Waals surface area (Å²) in [5.74, 6) is 0.754. The van der Waals surface area contributed by atoms with Gasteiger partial charge < -0.3 is 0 Å². The maximum absolute atomic E-state index is 6.51. The second-order valence-corrected chi connectivity index (χ2v) is 13.6. The number of hydrogen-bond donors (Lipinski definition) is 0. The van der Waals surface area contributed by atoms with E-state index in [0.29, 0.717) is 10.5 Å². The van der Waals surface area contributed by atoms with E-state index in [1.165, 1.54) is 20.4 Å². The number of benzene rings is 5. The van der Waals surface area contributed by atoms with Gasteiger partial charge in [0.25, 0.3) is 0 Å². The van der Waals surface area contributed by atoms with Crippen molar-refractivity contribution in [2.45, 2.75) is 0 Å². The zero-order valence-electron chi connectivity index (χ0n) is 19.6. The van der Waals surface area contributed by atoms with Crippen molar-refractivity contribution in [3.05, 3.63) is 145 Å². The van der Waals surface area contributed by atoms with Crippen LogP contribution in [0.15, 0.2) is 144 Å². The molecule has 0 amide bonds. The van der Waals surface area contributed by atoms with Gasteiger partial charge in [0.2, 0.25) is 0 Å². The molecule has 0 aliphatic carbocycles. The van der Waals surface area contributed by atoms with E-state index < -0.39 is 7.05 Å². The molecule has 5 heteroatoms. The van der Waals surface area contributed by atoms with Crippen molar-refractivity contribution in [1.29, 1.82) is 0 Å². The van der Waals surface area contributed by atoms with Gasteiger partial charge in [0.1, 0.15) is 0 Å². The van der Waals surface area contributed by atoms with E-state index in [-0.39, 0.29) is 15.0 Å². The summed E-state index contributed by atoms with van der Waals surface area (Å²) in [5, 5.41) is 4.19. The molecule has 0 saturated heterocycles. The Morgan fingerprint density at radius 3 is 1.58 bits per heavy atom. The molecule has 0 aliphatic rings. The second-order valence-electron chi connectivity index (χ2n) is 8.07. The minimum atomic E-state index is -2.42. The van der Waals surface area contributed by atoms with Crippen molar-refractivity contribution < 1.29 is 4.74 Å². The molecular formula is C31H25ClNOPSe. The first-order valence-electron chi connectivity index (χ1n) is 11.6. The zero-order valence-corrected chi connectivity index (χ0v) is 22.9. The van der Waals surface area contributed by atoms with E-state index in [1.54, 1.807) is 0 Å². The fourth-order valence-corrected chi connectivity index (χ4v) is 9.19. The van der Waals surface area contributed by atoms with Crippen molar-refractivity contribution in [3.8, 4) is 5.75 Å². The van der Waals surface area contributed by atoms with Crippen molar-refractivity contribution in [2.24, 2.45) is 4.74 Å². The van der Waals surface area contributed by atoms with E-state index in [2.05, 4.69) is 97.1 Å². The van der Waals surface area contributed by atoms with Gasteiger partial charge in [-0.2, -0.15) is 0 Å². The average Bonchev–Trinajstić information content (AvgIpc) is 2.95. The normalized spacial score (nSPS) is 11.1. The number of halogens is 1. The molecule has 36 heavy (non-hydrogen) atoms. The number of rotatable bonds is 8. The Kier molecular flexibility index (Phi) is 8.06. The summed E-state index contributed by atoms with van der Waals surface area (Å²) in [5.41, 5.74) is 1.39. The Morgan fingerprint density at radius 2 is 1.08 bits per heavy atom. The van der Waals surface area contributed by atoms with Gasteiger partial charge in [0.05, 0.1) is 0 Å². The van der Waals surface area contributed by atoms with Crippen LogP contribution in [0.3, 0.4) is 0 Å². The molecule has 0 saturated carbocycles. The summed E-state index contributed by atoms with van der Waals surface area (Å²) in [6.45, 7) is 0. The summed E-state index contributed by atoms with van der Waals surface area (Å²) in [6.07, 6.45) is 0. The molecule has 0 N–H and O–H groups in total. The van der Waals surface area contributed by atoms with E-state index in [4.69, 9.17) is 21.1 Å². The van der Waals surface area contributed by atoms with Crippen LogP contribution in [0, 0.1) is 0 Å². The summed E-state index contributed by atoms with van der Waals surface area (Å²) < 4.78 is 13.2. The molecule has 2 nitrogen and oxygen atoms in total. The molecule has 5 aromatic carbocycles. The van der Waals surface area contributed by atoms with Gasteiger partial charge in [-0.05, 0) is 0 Å². The van der Waals surface area contributed by atoms with E-state index >= 15 is 0 Å². The first kappa shape index (κ1) is 24.6. The van der Waals surface area contributed by atoms with Crippen LogP contribution in [0.5, 0.6) is 5.75 Å². The predicted octanol–water partition coefficient (Wildman–Crippen LogP) is 6.52. The molecular weight excluding hydrogens is 548 g/mol. The molecule has 178 valence electrons. The van der Waals surface area contributed by atoms with Gasteiger partial charge in [-0.3, -0.25) is 0 Å². The number of nitrogens with zero attached hydrogens (tertiary/aromatic N) is 1. The van der Waals surface area contributed by atoms with Gasteiger partial charge in [-0.15, -0.1) is 0 Å². The monoisotopic (exact) mass is 573 g/mol. The molecule has 0 unspecified atom stereocenters. The van der Waals surface area contributed by atoms with Crippen molar-refractivity contribution in [1.82, 2.24) is 0 Å². The summed E-state index contributed by atoms with van der Waals surface area (Å²) in [4.78, 5) is 0. The third kappa shape index (κ3) is 5.51. The van der Waals surface area contributed by atoms with Gasteiger partial charge >= 0.3 is 225 Å². The van der Waals surface area contributed by atoms with Crippen LogP contribution in [-0.2, 0) is 0 Å².